The molecule has 0 spiro atoms. The van der Waals surface area contributed by atoms with Gasteiger partial charge in [-0.05, 0) is 17.7 Å². The minimum Gasteiger partial charge on any atom is -0.279 e. The van der Waals surface area contributed by atoms with Crippen molar-refractivity contribution in [1.29, 1.82) is 0 Å². The molecule has 0 bridgehead atoms. The molecule has 0 N–H and O–H groups in total. The van der Waals surface area contributed by atoms with Crippen molar-refractivity contribution in [1.82, 2.24) is 9.78 Å². The van der Waals surface area contributed by atoms with Gasteiger partial charge in [-0.25, -0.2) is 0 Å². The quantitative estimate of drug-likeness (QED) is 0.773. The molecule has 1 aromatic heterocycles. The van der Waals surface area contributed by atoms with Gasteiger partial charge in [0.1, 0.15) is 12.2 Å². The Bertz CT molecular complexity index is 432. The van der Waals surface area contributed by atoms with Crippen LogP contribution in [0.5, 0.6) is 0 Å². The molecule has 0 saturated heterocycles. The van der Waals surface area contributed by atoms with E-state index in [1.807, 2.05) is 0 Å². The second kappa shape index (κ2) is 4.33. The number of alkyl halides is 3. The predicted molar refractivity (Wildman–Crippen MR) is 56.8 cm³/mol. The fourth-order valence-electron chi connectivity index (χ4n) is 1.25. The molecule has 0 aromatic carbocycles. The van der Waals surface area contributed by atoms with Crippen LogP contribution in [0.3, 0.4) is 0 Å². The third-order valence-electron chi connectivity index (χ3n) is 2.11. The summed E-state index contributed by atoms with van der Waals surface area (Å²) in [7, 11) is 0. The van der Waals surface area contributed by atoms with E-state index in [-0.39, 0.29) is 5.69 Å². The van der Waals surface area contributed by atoms with Crippen LogP contribution in [0.1, 0.15) is 32.2 Å². The summed E-state index contributed by atoms with van der Waals surface area (Å²) in [6, 6.07) is 0.944. The number of rotatable bonds is 2. The lowest BCUT2D eigenvalue weighted by Gasteiger charge is -2.13. The van der Waals surface area contributed by atoms with Crippen LogP contribution in [0.2, 0.25) is 0 Å². The molecule has 7 heteroatoms. The number of carbonyl (C=O) groups is 1. The first-order valence-corrected chi connectivity index (χ1v) is 5.23. The second-order valence-corrected chi connectivity index (χ2v) is 5.10. The molecule has 1 aromatic rings. The van der Waals surface area contributed by atoms with Crippen LogP contribution in [-0.4, -0.2) is 15.0 Å². The summed E-state index contributed by atoms with van der Waals surface area (Å²) in [5.41, 5.74) is -1.22. The zero-order valence-corrected chi connectivity index (χ0v) is 10.4. The van der Waals surface area contributed by atoms with E-state index >= 15 is 0 Å². The van der Waals surface area contributed by atoms with E-state index in [0.29, 0.717) is 4.68 Å². The molecule has 3 nitrogen and oxygen atoms in total. The Morgan fingerprint density at radius 2 is 1.94 bits per heavy atom. The van der Waals surface area contributed by atoms with Gasteiger partial charge in [0.2, 0.25) is 5.24 Å². The summed E-state index contributed by atoms with van der Waals surface area (Å²) in [6.45, 7) is 4.62. The maximum absolute atomic E-state index is 12.7. The molecule has 0 aliphatic heterocycles. The Labute approximate surface area is 102 Å². The molecule has 0 aliphatic carbocycles. The molecule has 0 aliphatic rings. The molecule has 0 radical (unpaired) electrons. The van der Waals surface area contributed by atoms with E-state index in [1.165, 1.54) is 0 Å². The third-order valence-corrected chi connectivity index (χ3v) is 2.23. The SMILES string of the molecule is CC(C)(C)c1cc(C(F)(F)F)n(CC(=O)Cl)n1. The lowest BCUT2D eigenvalue weighted by Crippen LogP contribution is -2.17. The minimum atomic E-state index is -4.55. The number of nitrogens with zero attached hydrogens (tertiary/aromatic N) is 2. The second-order valence-electron chi connectivity index (χ2n) is 4.68. The first-order chi connectivity index (χ1) is 7.51. The fraction of sp³-hybridized carbons (Fsp3) is 0.600. The van der Waals surface area contributed by atoms with E-state index in [1.54, 1.807) is 20.8 Å². The van der Waals surface area contributed by atoms with Gasteiger partial charge in [-0.15, -0.1) is 0 Å². The van der Waals surface area contributed by atoms with Crippen LogP contribution < -0.4 is 0 Å². The molecule has 17 heavy (non-hydrogen) atoms. The van der Waals surface area contributed by atoms with Gasteiger partial charge in [0.15, 0.2) is 0 Å². The number of halogens is 4. The Hall–Kier alpha value is -1.04. The number of hydrogen-bond acceptors (Lipinski definition) is 2. The van der Waals surface area contributed by atoms with Crippen molar-refractivity contribution in [2.24, 2.45) is 0 Å². The van der Waals surface area contributed by atoms with E-state index in [2.05, 4.69) is 5.10 Å². The topological polar surface area (TPSA) is 34.9 Å². The Morgan fingerprint density at radius 3 is 2.29 bits per heavy atom. The predicted octanol–water partition coefficient (Wildman–Crippen LogP) is 2.96. The highest BCUT2D eigenvalue weighted by molar-refractivity contribution is 6.63. The van der Waals surface area contributed by atoms with Crippen LogP contribution in [0.25, 0.3) is 0 Å². The fourth-order valence-corrected chi connectivity index (χ4v) is 1.36. The third kappa shape index (κ3) is 3.46. The van der Waals surface area contributed by atoms with Crippen molar-refractivity contribution >= 4 is 16.8 Å². The van der Waals surface area contributed by atoms with Crippen LogP contribution in [0, 0.1) is 0 Å². The molecule has 1 heterocycles. The van der Waals surface area contributed by atoms with Gasteiger partial charge in [-0.1, -0.05) is 20.8 Å². The molecule has 0 fully saturated rings. The van der Waals surface area contributed by atoms with Gasteiger partial charge < -0.3 is 0 Å². The average molecular weight is 269 g/mol. The normalized spacial score (nSPS) is 12.9. The average Bonchev–Trinajstić information content (AvgIpc) is 2.44. The van der Waals surface area contributed by atoms with E-state index in [9.17, 15) is 18.0 Å². The summed E-state index contributed by atoms with van der Waals surface area (Å²) in [5.74, 6) is 0. The van der Waals surface area contributed by atoms with E-state index < -0.39 is 29.1 Å². The lowest BCUT2D eigenvalue weighted by molar-refractivity contribution is -0.144. The number of carbonyl (C=O) groups excluding carboxylic acids is 1. The Balaban J connectivity index is 3.27. The first kappa shape index (κ1) is 14.0. The monoisotopic (exact) mass is 268 g/mol. The maximum Gasteiger partial charge on any atom is 0.433 e. The summed E-state index contributed by atoms with van der Waals surface area (Å²) >= 11 is 5.09. The van der Waals surface area contributed by atoms with Gasteiger partial charge in [-0.3, -0.25) is 9.48 Å². The van der Waals surface area contributed by atoms with E-state index in [0.717, 1.165) is 6.07 Å². The maximum atomic E-state index is 12.7. The standard InChI is InChI=1S/C10H12ClF3N2O/c1-9(2,3)6-4-7(10(12,13)14)16(15-6)5-8(11)17/h4H,5H2,1-3H3. The summed E-state index contributed by atoms with van der Waals surface area (Å²) in [4.78, 5) is 10.7. The van der Waals surface area contributed by atoms with Crippen molar-refractivity contribution in [3.05, 3.63) is 17.5 Å². The van der Waals surface area contributed by atoms with Crippen molar-refractivity contribution in [3.8, 4) is 0 Å². The van der Waals surface area contributed by atoms with Gasteiger partial charge in [-0.2, -0.15) is 18.3 Å². The summed E-state index contributed by atoms with van der Waals surface area (Å²) in [5, 5.41) is 2.89. The molecule has 0 unspecified atom stereocenters. The molecular weight excluding hydrogens is 257 g/mol. The molecular formula is C10H12ClF3N2O. The van der Waals surface area contributed by atoms with Crippen LogP contribution in [0.15, 0.2) is 6.07 Å². The smallest absolute Gasteiger partial charge is 0.279 e. The Kier molecular flexibility index (Phi) is 3.57. The van der Waals surface area contributed by atoms with Gasteiger partial charge >= 0.3 is 6.18 Å². The van der Waals surface area contributed by atoms with Crippen LogP contribution >= 0.6 is 11.6 Å². The van der Waals surface area contributed by atoms with Crippen molar-refractivity contribution in [2.45, 2.75) is 38.9 Å². The van der Waals surface area contributed by atoms with Crippen molar-refractivity contribution in [3.63, 3.8) is 0 Å². The number of aromatic nitrogens is 2. The lowest BCUT2D eigenvalue weighted by atomic mass is 9.92. The highest BCUT2D eigenvalue weighted by atomic mass is 35.5. The van der Waals surface area contributed by atoms with Crippen LogP contribution in [-0.2, 0) is 22.9 Å². The highest BCUT2D eigenvalue weighted by Crippen LogP contribution is 2.32. The van der Waals surface area contributed by atoms with Crippen molar-refractivity contribution in [2.75, 3.05) is 0 Å². The number of hydrogen-bond donors (Lipinski definition) is 0. The van der Waals surface area contributed by atoms with Gasteiger partial charge in [0.25, 0.3) is 0 Å². The van der Waals surface area contributed by atoms with Gasteiger partial charge in [0, 0.05) is 5.41 Å². The molecule has 0 saturated carbocycles. The van der Waals surface area contributed by atoms with Crippen molar-refractivity contribution < 1.29 is 18.0 Å². The molecule has 0 atom stereocenters. The first-order valence-electron chi connectivity index (χ1n) is 4.85. The molecule has 0 amide bonds. The van der Waals surface area contributed by atoms with E-state index in [4.69, 9.17) is 11.6 Å². The zero-order valence-electron chi connectivity index (χ0n) is 9.60. The minimum absolute atomic E-state index is 0.266. The van der Waals surface area contributed by atoms with Gasteiger partial charge in [0.05, 0.1) is 5.69 Å². The summed E-state index contributed by atoms with van der Waals surface area (Å²) < 4.78 is 38.6. The zero-order chi connectivity index (χ0) is 13.4. The summed E-state index contributed by atoms with van der Waals surface area (Å²) in [6.07, 6.45) is -4.55. The largest absolute Gasteiger partial charge is 0.433 e. The highest BCUT2D eigenvalue weighted by Gasteiger charge is 2.37. The Morgan fingerprint density at radius 1 is 1.41 bits per heavy atom. The molecule has 96 valence electrons. The van der Waals surface area contributed by atoms with Crippen LogP contribution in [0.4, 0.5) is 13.2 Å². The molecule has 1 rings (SSSR count).